The van der Waals surface area contributed by atoms with Gasteiger partial charge in [-0.05, 0) is 62.7 Å². The molecular weight excluding hydrogens is 244 g/mol. The van der Waals surface area contributed by atoms with Crippen molar-refractivity contribution in [3.05, 3.63) is 0 Å². The smallest absolute Gasteiger partial charge is 0.0626 e. The highest BCUT2D eigenvalue weighted by Gasteiger charge is 2.41. The molecule has 20 heavy (non-hydrogen) atoms. The largest absolute Gasteiger partial charge is 0.286 e. The van der Waals surface area contributed by atoms with Crippen molar-refractivity contribution in [1.29, 1.82) is 0 Å². The van der Waals surface area contributed by atoms with Crippen LogP contribution in [0.5, 0.6) is 0 Å². The van der Waals surface area contributed by atoms with E-state index in [-0.39, 0.29) is 0 Å². The number of hydrogen-bond donors (Lipinski definition) is 0. The van der Waals surface area contributed by atoms with Crippen molar-refractivity contribution in [3.8, 4) is 0 Å². The van der Waals surface area contributed by atoms with Gasteiger partial charge in [0.2, 0.25) is 0 Å². The fraction of sp³-hybridized carbons (Fsp3) is 1.00. The van der Waals surface area contributed by atoms with Gasteiger partial charge in [-0.3, -0.25) is 9.80 Å². The normalized spacial score (nSPS) is 47.4. The molecule has 116 valence electrons. The van der Waals surface area contributed by atoms with E-state index in [2.05, 4.69) is 37.5 Å². The van der Waals surface area contributed by atoms with E-state index in [1.54, 1.807) is 0 Å². The van der Waals surface area contributed by atoms with Gasteiger partial charge in [0.05, 0.1) is 6.17 Å². The minimum atomic E-state index is 0.772. The molecule has 0 aromatic rings. The summed E-state index contributed by atoms with van der Waals surface area (Å²) in [4.78, 5) is 5.63. The Kier molecular flexibility index (Phi) is 4.42. The topological polar surface area (TPSA) is 6.48 Å². The summed E-state index contributed by atoms with van der Waals surface area (Å²) in [5.74, 6) is 3.76. The van der Waals surface area contributed by atoms with Gasteiger partial charge in [-0.25, -0.2) is 0 Å². The lowest BCUT2D eigenvalue weighted by Gasteiger charge is -2.40. The Balaban J connectivity index is 1.61. The number of piperidine rings is 1. The molecule has 5 unspecified atom stereocenters. The second-order valence-corrected chi connectivity index (χ2v) is 8.45. The van der Waals surface area contributed by atoms with Crippen molar-refractivity contribution in [2.45, 2.75) is 72.0 Å². The second kappa shape index (κ2) is 5.96. The number of rotatable bonds is 2. The first-order valence-corrected chi connectivity index (χ1v) is 9.02. The molecule has 0 spiro atoms. The lowest BCUT2D eigenvalue weighted by atomic mass is 9.76. The molecule has 2 heteroatoms. The summed E-state index contributed by atoms with van der Waals surface area (Å²) in [6.45, 7) is 13.8. The molecular formula is C18H34N2. The van der Waals surface area contributed by atoms with Crippen molar-refractivity contribution in [2.24, 2.45) is 23.7 Å². The van der Waals surface area contributed by atoms with Gasteiger partial charge in [0.15, 0.2) is 0 Å². The summed E-state index contributed by atoms with van der Waals surface area (Å²) in [5, 5.41) is 0. The quantitative estimate of drug-likeness (QED) is 0.757. The van der Waals surface area contributed by atoms with Crippen molar-refractivity contribution >= 4 is 0 Å². The van der Waals surface area contributed by atoms with Gasteiger partial charge >= 0.3 is 0 Å². The first-order valence-electron chi connectivity index (χ1n) is 9.02. The lowest BCUT2D eigenvalue weighted by molar-refractivity contribution is 0.0457. The van der Waals surface area contributed by atoms with Gasteiger partial charge in [0, 0.05) is 25.7 Å². The van der Waals surface area contributed by atoms with Crippen LogP contribution < -0.4 is 0 Å². The van der Waals surface area contributed by atoms with Crippen molar-refractivity contribution < 1.29 is 0 Å². The minimum Gasteiger partial charge on any atom is -0.286 e. The van der Waals surface area contributed by atoms with E-state index in [0.29, 0.717) is 0 Å². The van der Waals surface area contributed by atoms with Crippen LogP contribution in [-0.4, -0.2) is 41.6 Å². The van der Waals surface area contributed by atoms with E-state index in [4.69, 9.17) is 0 Å². The second-order valence-electron chi connectivity index (χ2n) is 8.45. The Labute approximate surface area is 125 Å². The Morgan fingerprint density at radius 2 is 1.50 bits per heavy atom. The summed E-state index contributed by atoms with van der Waals surface area (Å²) >= 11 is 0. The van der Waals surface area contributed by atoms with Gasteiger partial charge in [-0.15, -0.1) is 0 Å². The highest BCUT2D eigenvalue weighted by Crippen LogP contribution is 2.37. The summed E-state index contributed by atoms with van der Waals surface area (Å²) in [6, 6.07) is 0.776. The molecule has 2 aliphatic heterocycles. The van der Waals surface area contributed by atoms with Crippen LogP contribution in [0.25, 0.3) is 0 Å². The van der Waals surface area contributed by atoms with E-state index in [9.17, 15) is 0 Å². The molecule has 3 rings (SSSR count). The zero-order chi connectivity index (χ0) is 14.3. The van der Waals surface area contributed by atoms with Gasteiger partial charge in [-0.1, -0.05) is 20.8 Å². The van der Waals surface area contributed by atoms with E-state index >= 15 is 0 Å². The SMILES string of the molecule is CC1CC(C)CC(CN2C(C)CN3CC(C)CCC32)C1. The van der Waals surface area contributed by atoms with E-state index in [0.717, 1.165) is 35.9 Å². The van der Waals surface area contributed by atoms with Crippen LogP contribution in [0.2, 0.25) is 0 Å². The molecule has 1 saturated carbocycles. The third-order valence-corrected chi connectivity index (χ3v) is 6.08. The molecule has 0 amide bonds. The predicted molar refractivity (Wildman–Crippen MR) is 85.6 cm³/mol. The van der Waals surface area contributed by atoms with Gasteiger partial charge in [0.25, 0.3) is 0 Å². The van der Waals surface area contributed by atoms with E-state index in [1.165, 1.54) is 51.7 Å². The van der Waals surface area contributed by atoms with Gasteiger partial charge in [0.1, 0.15) is 0 Å². The highest BCUT2D eigenvalue weighted by atomic mass is 15.4. The molecule has 1 aliphatic carbocycles. The third-order valence-electron chi connectivity index (χ3n) is 6.08. The summed E-state index contributed by atoms with van der Waals surface area (Å²) < 4.78 is 0. The van der Waals surface area contributed by atoms with Crippen molar-refractivity contribution in [2.75, 3.05) is 19.6 Å². The van der Waals surface area contributed by atoms with Crippen LogP contribution in [0.3, 0.4) is 0 Å². The molecule has 2 saturated heterocycles. The number of fused-ring (bicyclic) bond motifs is 1. The van der Waals surface area contributed by atoms with Crippen LogP contribution in [0.1, 0.15) is 59.8 Å². The van der Waals surface area contributed by atoms with Crippen molar-refractivity contribution in [1.82, 2.24) is 9.80 Å². The molecule has 0 N–H and O–H groups in total. The molecule has 0 aromatic carbocycles. The molecule has 0 radical (unpaired) electrons. The summed E-state index contributed by atoms with van der Waals surface area (Å²) in [7, 11) is 0. The van der Waals surface area contributed by atoms with E-state index < -0.39 is 0 Å². The predicted octanol–water partition coefficient (Wildman–Crippen LogP) is 3.82. The number of hydrogen-bond acceptors (Lipinski definition) is 2. The zero-order valence-corrected chi connectivity index (χ0v) is 14.0. The monoisotopic (exact) mass is 278 g/mol. The fourth-order valence-corrected chi connectivity index (χ4v) is 5.40. The molecule has 2 nitrogen and oxygen atoms in total. The molecule has 3 fully saturated rings. The molecule has 5 atom stereocenters. The highest BCUT2D eigenvalue weighted by molar-refractivity contribution is 4.93. The van der Waals surface area contributed by atoms with Crippen LogP contribution in [0, 0.1) is 23.7 Å². The van der Waals surface area contributed by atoms with E-state index in [1.807, 2.05) is 0 Å². The summed E-state index contributed by atoms with van der Waals surface area (Å²) in [6.07, 6.45) is 8.01. The molecule has 0 bridgehead atoms. The zero-order valence-electron chi connectivity index (χ0n) is 14.0. The Hall–Kier alpha value is -0.0800. The number of nitrogens with zero attached hydrogens (tertiary/aromatic N) is 2. The molecule has 0 aromatic heterocycles. The average Bonchev–Trinajstić information content (AvgIpc) is 2.64. The van der Waals surface area contributed by atoms with Gasteiger partial charge in [-0.2, -0.15) is 0 Å². The van der Waals surface area contributed by atoms with Crippen LogP contribution in [0.15, 0.2) is 0 Å². The Morgan fingerprint density at radius 1 is 0.800 bits per heavy atom. The third kappa shape index (κ3) is 3.06. The first kappa shape index (κ1) is 14.8. The first-order chi connectivity index (χ1) is 9.52. The Bertz CT molecular complexity index is 319. The average molecular weight is 278 g/mol. The molecule has 2 heterocycles. The van der Waals surface area contributed by atoms with Gasteiger partial charge < -0.3 is 0 Å². The fourth-order valence-electron chi connectivity index (χ4n) is 5.40. The maximum Gasteiger partial charge on any atom is 0.0626 e. The molecule has 3 aliphatic rings. The standard InChI is InChI=1S/C18H34N2/c1-13-5-6-18-19(10-13)11-16(4)20(18)12-17-8-14(2)7-15(3)9-17/h13-18H,5-12H2,1-4H3. The Morgan fingerprint density at radius 3 is 2.20 bits per heavy atom. The maximum absolute atomic E-state index is 2.86. The minimum absolute atomic E-state index is 0.772. The van der Waals surface area contributed by atoms with Crippen LogP contribution in [-0.2, 0) is 0 Å². The maximum atomic E-state index is 2.86. The van der Waals surface area contributed by atoms with Crippen LogP contribution in [0.4, 0.5) is 0 Å². The van der Waals surface area contributed by atoms with Crippen LogP contribution >= 0.6 is 0 Å². The van der Waals surface area contributed by atoms with Crippen molar-refractivity contribution in [3.63, 3.8) is 0 Å². The lowest BCUT2D eigenvalue weighted by Crippen LogP contribution is -2.47. The summed E-state index contributed by atoms with van der Waals surface area (Å²) in [5.41, 5.74) is 0.